The first-order chi connectivity index (χ1) is 8.54. The van der Waals surface area contributed by atoms with Crippen molar-refractivity contribution >= 4 is 0 Å². The zero-order valence-electron chi connectivity index (χ0n) is 10.9. The van der Waals surface area contributed by atoms with E-state index in [-0.39, 0.29) is 0 Å². The second-order valence-electron chi connectivity index (χ2n) is 5.20. The van der Waals surface area contributed by atoms with Crippen molar-refractivity contribution < 1.29 is 8.78 Å². The molecule has 1 aromatic carbocycles. The minimum Gasteiger partial charge on any atom is -0.312 e. The number of likely N-dealkylation sites (tertiary alicyclic amines) is 1. The lowest BCUT2D eigenvalue weighted by Crippen LogP contribution is -2.33. The first-order valence-corrected chi connectivity index (χ1v) is 6.43. The first kappa shape index (κ1) is 13.4. The predicted molar refractivity (Wildman–Crippen MR) is 68.6 cm³/mol. The monoisotopic (exact) mass is 254 g/mol. The maximum absolute atomic E-state index is 13.0. The van der Waals surface area contributed by atoms with E-state index < -0.39 is 11.6 Å². The number of benzene rings is 1. The van der Waals surface area contributed by atoms with Crippen LogP contribution in [0.5, 0.6) is 0 Å². The third kappa shape index (κ3) is 3.50. The Kier molecular flexibility index (Phi) is 4.30. The van der Waals surface area contributed by atoms with Gasteiger partial charge in [0.2, 0.25) is 0 Å². The summed E-state index contributed by atoms with van der Waals surface area (Å²) in [4.78, 5) is 2.32. The summed E-state index contributed by atoms with van der Waals surface area (Å²) < 4.78 is 26.0. The standard InChI is InChI=1S/C14H20F2N2/c1-10-5-14(9-18(10)2)17-4-3-11-6-12(15)8-13(16)7-11/h6-8,10,14,17H,3-5,9H2,1-2H3. The van der Waals surface area contributed by atoms with Crippen LogP contribution in [0.4, 0.5) is 8.78 Å². The van der Waals surface area contributed by atoms with E-state index in [0.29, 0.717) is 24.1 Å². The second kappa shape index (κ2) is 5.76. The quantitative estimate of drug-likeness (QED) is 0.886. The molecule has 0 aromatic heterocycles. The molecule has 1 aliphatic rings. The molecule has 4 heteroatoms. The summed E-state index contributed by atoms with van der Waals surface area (Å²) in [7, 11) is 2.12. The summed E-state index contributed by atoms with van der Waals surface area (Å²) in [5.41, 5.74) is 0.708. The number of nitrogens with one attached hydrogen (secondary N) is 1. The van der Waals surface area contributed by atoms with Crippen LogP contribution < -0.4 is 5.32 Å². The molecule has 0 amide bonds. The van der Waals surface area contributed by atoms with Crippen LogP contribution in [0.25, 0.3) is 0 Å². The molecule has 18 heavy (non-hydrogen) atoms. The number of nitrogens with zero attached hydrogens (tertiary/aromatic N) is 1. The summed E-state index contributed by atoms with van der Waals surface area (Å²) in [5, 5.41) is 3.44. The lowest BCUT2D eigenvalue weighted by atomic mass is 10.1. The van der Waals surface area contributed by atoms with Gasteiger partial charge < -0.3 is 10.2 Å². The van der Waals surface area contributed by atoms with Crippen LogP contribution in [-0.2, 0) is 6.42 Å². The zero-order valence-corrected chi connectivity index (χ0v) is 10.9. The molecular formula is C14H20F2N2. The fourth-order valence-electron chi connectivity index (χ4n) is 2.52. The van der Waals surface area contributed by atoms with Gasteiger partial charge >= 0.3 is 0 Å². The van der Waals surface area contributed by atoms with E-state index in [1.165, 1.54) is 12.1 Å². The number of halogens is 2. The molecule has 1 N–H and O–H groups in total. The Labute approximate surface area is 107 Å². The van der Waals surface area contributed by atoms with Gasteiger partial charge in [-0.15, -0.1) is 0 Å². The molecule has 0 aliphatic carbocycles. The van der Waals surface area contributed by atoms with Gasteiger partial charge in [-0.3, -0.25) is 0 Å². The van der Waals surface area contributed by atoms with Crippen LogP contribution in [0.3, 0.4) is 0 Å². The summed E-state index contributed by atoms with van der Waals surface area (Å²) >= 11 is 0. The number of hydrogen-bond donors (Lipinski definition) is 1. The van der Waals surface area contributed by atoms with Gasteiger partial charge in [0.15, 0.2) is 0 Å². The molecule has 1 heterocycles. The van der Waals surface area contributed by atoms with Crippen molar-refractivity contribution in [1.82, 2.24) is 10.2 Å². The summed E-state index contributed by atoms with van der Waals surface area (Å²) in [6.45, 7) is 4.01. The Bertz CT molecular complexity index is 379. The van der Waals surface area contributed by atoms with Gasteiger partial charge in [0.25, 0.3) is 0 Å². The van der Waals surface area contributed by atoms with Crippen LogP contribution in [0.15, 0.2) is 18.2 Å². The van der Waals surface area contributed by atoms with E-state index in [0.717, 1.165) is 25.6 Å². The van der Waals surface area contributed by atoms with Crippen LogP contribution >= 0.6 is 0 Å². The molecule has 1 fully saturated rings. The molecular weight excluding hydrogens is 234 g/mol. The maximum Gasteiger partial charge on any atom is 0.126 e. The Morgan fingerprint density at radius 3 is 2.50 bits per heavy atom. The smallest absolute Gasteiger partial charge is 0.126 e. The van der Waals surface area contributed by atoms with Gasteiger partial charge in [-0.25, -0.2) is 8.78 Å². The Morgan fingerprint density at radius 1 is 1.28 bits per heavy atom. The first-order valence-electron chi connectivity index (χ1n) is 6.43. The van der Waals surface area contributed by atoms with E-state index in [9.17, 15) is 8.78 Å². The average Bonchev–Trinajstić information content (AvgIpc) is 2.57. The molecule has 1 aromatic rings. The largest absolute Gasteiger partial charge is 0.312 e. The molecule has 2 rings (SSSR count). The lowest BCUT2D eigenvalue weighted by molar-refractivity contribution is 0.327. The molecule has 0 radical (unpaired) electrons. The highest BCUT2D eigenvalue weighted by Gasteiger charge is 2.25. The maximum atomic E-state index is 13.0. The number of rotatable bonds is 4. The normalized spacial score (nSPS) is 24.7. The van der Waals surface area contributed by atoms with Gasteiger partial charge in [0.05, 0.1) is 0 Å². The number of hydrogen-bond acceptors (Lipinski definition) is 2. The van der Waals surface area contributed by atoms with Crippen molar-refractivity contribution in [3.8, 4) is 0 Å². The third-order valence-electron chi connectivity index (χ3n) is 3.66. The van der Waals surface area contributed by atoms with Crippen LogP contribution in [-0.4, -0.2) is 37.1 Å². The minimum atomic E-state index is -0.501. The molecule has 100 valence electrons. The van der Waals surface area contributed by atoms with Crippen LogP contribution in [0, 0.1) is 11.6 Å². The van der Waals surface area contributed by atoms with E-state index in [1.54, 1.807) is 0 Å². The lowest BCUT2D eigenvalue weighted by Gasteiger charge is -2.13. The average molecular weight is 254 g/mol. The molecule has 0 bridgehead atoms. The van der Waals surface area contributed by atoms with Crippen LogP contribution in [0.2, 0.25) is 0 Å². The SMILES string of the molecule is CC1CC(NCCc2cc(F)cc(F)c2)CN1C. The molecule has 1 saturated heterocycles. The van der Waals surface area contributed by atoms with Crippen molar-refractivity contribution in [2.75, 3.05) is 20.1 Å². The van der Waals surface area contributed by atoms with Crippen molar-refractivity contribution in [3.05, 3.63) is 35.4 Å². The third-order valence-corrected chi connectivity index (χ3v) is 3.66. The van der Waals surface area contributed by atoms with Gasteiger partial charge in [-0.2, -0.15) is 0 Å². The predicted octanol–water partition coefficient (Wildman–Crippen LogP) is 2.19. The minimum absolute atomic E-state index is 0.489. The highest BCUT2D eigenvalue weighted by molar-refractivity contribution is 5.18. The highest BCUT2D eigenvalue weighted by atomic mass is 19.1. The zero-order chi connectivity index (χ0) is 13.1. The summed E-state index contributed by atoms with van der Waals surface area (Å²) in [6, 6.07) is 4.80. The van der Waals surface area contributed by atoms with Crippen molar-refractivity contribution in [1.29, 1.82) is 0 Å². The Balaban J connectivity index is 1.78. The summed E-state index contributed by atoms with van der Waals surface area (Å²) in [6.07, 6.45) is 1.79. The van der Waals surface area contributed by atoms with Gasteiger partial charge in [0.1, 0.15) is 11.6 Å². The Morgan fingerprint density at radius 2 is 1.94 bits per heavy atom. The van der Waals surface area contributed by atoms with E-state index in [4.69, 9.17) is 0 Å². The van der Waals surface area contributed by atoms with Crippen LogP contribution in [0.1, 0.15) is 18.9 Å². The fraction of sp³-hybridized carbons (Fsp3) is 0.571. The second-order valence-corrected chi connectivity index (χ2v) is 5.20. The summed E-state index contributed by atoms with van der Waals surface area (Å²) in [5.74, 6) is -1.00. The molecule has 2 atom stereocenters. The van der Waals surface area contributed by atoms with Crippen molar-refractivity contribution in [2.24, 2.45) is 0 Å². The van der Waals surface area contributed by atoms with E-state index in [2.05, 4.69) is 24.2 Å². The van der Waals surface area contributed by atoms with Gasteiger partial charge in [-0.1, -0.05) is 0 Å². The van der Waals surface area contributed by atoms with Crippen molar-refractivity contribution in [3.63, 3.8) is 0 Å². The molecule has 0 spiro atoms. The van der Waals surface area contributed by atoms with Gasteiger partial charge in [-0.05, 0) is 51.1 Å². The molecule has 2 unspecified atom stereocenters. The van der Waals surface area contributed by atoms with Crippen molar-refractivity contribution in [2.45, 2.75) is 31.8 Å². The Hall–Kier alpha value is -1.00. The molecule has 1 aliphatic heterocycles. The fourth-order valence-corrected chi connectivity index (χ4v) is 2.52. The van der Waals surface area contributed by atoms with E-state index >= 15 is 0 Å². The highest BCUT2D eigenvalue weighted by Crippen LogP contribution is 2.15. The van der Waals surface area contributed by atoms with E-state index in [1.807, 2.05) is 0 Å². The molecule has 2 nitrogen and oxygen atoms in total. The van der Waals surface area contributed by atoms with Gasteiger partial charge in [0, 0.05) is 24.7 Å². The number of likely N-dealkylation sites (N-methyl/N-ethyl adjacent to an activating group) is 1. The molecule has 0 saturated carbocycles. The topological polar surface area (TPSA) is 15.3 Å².